The molecule has 5 aromatic rings. The van der Waals surface area contributed by atoms with E-state index in [4.69, 9.17) is 9.47 Å². The summed E-state index contributed by atoms with van der Waals surface area (Å²) in [6, 6.07) is 17.3. The fourth-order valence-electron chi connectivity index (χ4n) is 4.04. The van der Waals surface area contributed by atoms with Gasteiger partial charge >= 0.3 is 18.2 Å². The van der Waals surface area contributed by atoms with Gasteiger partial charge in [0.2, 0.25) is 5.82 Å². The summed E-state index contributed by atoms with van der Waals surface area (Å²) >= 11 is 0. The van der Waals surface area contributed by atoms with Crippen molar-refractivity contribution < 1.29 is 27.4 Å². The van der Waals surface area contributed by atoms with Crippen molar-refractivity contribution in [3.8, 4) is 34.2 Å². The molecule has 0 radical (unpaired) electrons. The SMILES string of the molecule is COC(=O)c1ccc(C)c2nc(OCC(F)(F)F)n(-c3ccc(-c4ccccc4-c4nn[nH]n4)cc3)c12. The Hall–Kier alpha value is -4.74. The van der Waals surface area contributed by atoms with E-state index in [0.717, 1.165) is 16.7 Å². The molecule has 37 heavy (non-hydrogen) atoms. The van der Waals surface area contributed by atoms with Crippen LogP contribution in [0.5, 0.6) is 6.01 Å². The minimum Gasteiger partial charge on any atom is -0.465 e. The maximum Gasteiger partial charge on any atom is 0.422 e. The topological polar surface area (TPSA) is 108 Å². The number of alkyl halides is 3. The molecule has 0 unspecified atom stereocenters. The summed E-state index contributed by atoms with van der Waals surface area (Å²) < 4.78 is 50.4. The third kappa shape index (κ3) is 4.60. The summed E-state index contributed by atoms with van der Waals surface area (Å²) in [7, 11) is 1.23. The van der Waals surface area contributed by atoms with Crippen molar-refractivity contribution in [2.75, 3.05) is 13.7 Å². The molecule has 3 aromatic carbocycles. The Morgan fingerprint density at radius 2 is 1.76 bits per heavy atom. The first-order valence-electron chi connectivity index (χ1n) is 11.0. The lowest BCUT2D eigenvalue weighted by molar-refractivity contribution is -0.154. The first kappa shape index (κ1) is 24.0. The van der Waals surface area contributed by atoms with Gasteiger partial charge < -0.3 is 9.47 Å². The summed E-state index contributed by atoms with van der Waals surface area (Å²) in [5.74, 6) is -0.236. The minimum absolute atomic E-state index is 0.143. The molecule has 1 N–H and O–H groups in total. The van der Waals surface area contributed by atoms with Gasteiger partial charge in [0.25, 0.3) is 0 Å². The molecule has 0 aliphatic rings. The average molecular weight is 508 g/mol. The molecule has 9 nitrogen and oxygen atoms in total. The number of nitrogens with one attached hydrogen (secondary N) is 1. The summed E-state index contributed by atoms with van der Waals surface area (Å²) in [6.07, 6.45) is -4.58. The van der Waals surface area contributed by atoms with Crippen LogP contribution in [0.3, 0.4) is 0 Å². The van der Waals surface area contributed by atoms with Crippen LogP contribution in [0.15, 0.2) is 60.7 Å². The van der Waals surface area contributed by atoms with Gasteiger partial charge in [-0.05, 0) is 47.0 Å². The van der Waals surface area contributed by atoms with Crippen LogP contribution in [-0.2, 0) is 4.74 Å². The quantitative estimate of drug-likeness (QED) is 0.325. The van der Waals surface area contributed by atoms with Gasteiger partial charge in [-0.3, -0.25) is 4.57 Å². The number of hydrogen-bond acceptors (Lipinski definition) is 7. The number of carbonyl (C=O) groups is 1. The molecule has 0 aliphatic carbocycles. The number of H-pyrrole nitrogens is 1. The number of aromatic amines is 1. The predicted octanol–water partition coefficient (Wildman–Crippen LogP) is 4.91. The Bertz CT molecular complexity index is 1580. The Morgan fingerprint density at radius 3 is 2.41 bits per heavy atom. The van der Waals surface area contributed by atoms with Crippen LogP contribution in [0, 0.1) is 6.92 Å². The second-order valence-corrected chi connectivity index (χ2v) is 8.08. The smallest absolute Gasteiger partial charge is 0.422 e. The van der Waals surface area contributed by atoms with Crippen molar-refractivity contribution in [1.82, 2.24) is 30.2 Å². The van der Waals surface area contributed by atoms with E-state index >= 15 is 0 Å². The number of methoxy groups -OCH3 is 1. The van der Waals surface area contributed by atoms with Crippen molar-refractivity contribution in [1.29, 1.82) is 0 Å². The normalized spacial score (nSPS) is 11.6. The molecule has 0 saturated heterocycles. The third-order valence-electron chi connectivity index (χ3n) is 5.70. The van der Waals surface area contributed by atoms with Crippen molar-refractivity contribution in [3.05, 3.63) is 71.8 Å². The van der Waals surface area contributed by atoms with Gasteiger partial charge in [-0.2, -0.15) is 23.4 Å². The average Bonchev–Trinajstić information content (AvgIpc) is 3.56. The maximum absolute atomic E-state index is 13.0. The lowest BCUT2D eigenvalue weighted by atomic mass is 9.99. The number of aryl methyl sites for hydroxylation is 1. The highest BCUT2D eigenvalue weighted by molar-refractivity contribution is 6.04. The van der Waals surface area contributed by atoms with Crippen molar-refractivity contribution in [3.63, 3.8) is 0 Å². The van der Waals surface area contributed by atoms with Crippen molar-refractivity contribution in [2.24, 2.45) is 0 Å². The Labute approximate surface area is 207 Å². The van der Waals surface area contributed by atoms with E-state index in [1.54, 1.807) is 43.3 Å². The lowest BCUT2D eigenvalue weighted by Gasteiger charge is -2.14. The molecule has 2 aromatic heterocycles. The largest absolute Gasteiger partial charge is 0.465 e. The van der Waals surface area contributed by atoms with E-state index in [1.165, 1.54) is 11.7 Å². The van der Waals surface area contributed by atoms with E-state index in [1.807, 2.05) is 24.3 Å². The van der Waals surface area contributed by atoms with Gasteiger partial charge in [0.15, 0.2) is 6.61 Å². The molecule has 0 fully saturated rings. The Morgan fingerprint density at radius 1 is 1.03 bits per heavy atom. The molecule has 0 amide bonds. The molecule has 0 saturated carbocycles. The number of aromatic nitrogens is 6. The predicted molar refractivity (Wildman–Crippen MR) is 127 cm³/mol. The van der Waals surface area contributed by atoms with Gasteiger partial charge in [-0.1, -0.05) is 42.5 Å². The van der Waals surface area contributed by atoms with E-state index in [9.17, 15) is 18.0 Å². The van der Waals surface area contributed by atoms with Crippen LogP contribution in [0.2, 0.25) is 0 Å². The second kappa shape index (κ2) is 9.37. The van der Waals surface area contributed by atoms with E-state index in [2.05, 4.69) is 25.6 Å². The number of tetrazole rings is 1. The van der Waals surface area contributed by atoms with Gasteiger partial charge in [-0.25, -0.2) is 4.79 Å². The van der Waals surface area contributed by atoms with Gasteiger partial charge in [0.05, 0.1) is 29.4 Å². The van der Waals surface area contributed by atoms with Crippen LogP contribution in [0.1, 0.15) is 15.9 Å². The molecule has 0 spiro atoms. The number of rotatable bonds is 6. The van der Waals surface area contributed by atoms with E-state index in [0.29, 0.717) is 22.6 Å². The van der Waals surface area contributed by atoms with Gasteiger partial charge in [0, 0.05) is 5.56 Å². The lowest BCUT2D eigenvalue weighted by Crippen LogP contribution is -2.20. The summed E-state index contributed by atoms with van der Waals surface area (Å²) in [5, 5.41) is 14.1. The fourth-order valence-corrected chi connectivity index (χ4v) is 4.04. The summed E-state index contributed by atoms with van der Waals surface area (Å²) in [6.45, 7) is 0.200. The van der Waals surface area contributed by atoms with Crippen LogP contribution in [-0.4, -0.2) is 56.0 Å². The number of halogens is 3. The Kier molecular flexibility index (Phi) is 6.07. The maximum atomic E-state index is 13.0. The van der Waals surface area contributed by atoms with Crippen LogP contribution >= 0.6 is 0 Å². The molecular formula is C25H19F3N6O3. The molecule has 12 heteroatoms. The monoisotopic (exact) mass is 508 g/mol. The zero-order valence-electron chi connectivity index (χ0n) is 19.6. The number of ether oxygens (including phenoxy) is 2. The molecule has 188 valence electrons. The molecular weight excluding hydrogens is 489 g/mol. The zero-order chi connectivity index (χ0) is 26.2. The first-order chi connectivity index (χ1) is 17.8. The fraction of sp³-hybridized carbons (Fsp3) is 0.160. The Balaban J connectivity index is 1.66. The highest BCUT2D eigenvalue weighted by atomic mass is 19.4. The number of benzene rings is 3. The minimum atomic E-state index is -4.58. The number of carbonyl (C=O) groups excluding carboxylic acids is 1. The second-order valence-electron chi connectivity index (χ2n) is 8.08. The van der Waals surface area contributed by atoms with Crippen molar-refractivity contribution >= 4 is 17.0 Å². The summed E-state index contributed by atoms with van der Waals surface area (Å²) in [5.41, 5.74) is 4.22. The number of hydrogen-bond donors (Lipinski definition) is 1. The van der Waals surface area contributed by atoms with Crippen LogP contribution < -0.4 is 4.74 Å². The highest BCUT2D eigenvalue weighted by Gasteiger charge is 2.31. The number of esters is 1. The zero-order valence-corrected chi connectivity index (χ0v) is 19.6. The standard InChI is InChI=1S/C25H19F3N6O3/c1-14-7-12-19(23(35)36-2)21-20(14)29-24(37-13-25(26,27)28)34(21)16-10-8-15(9-11-16)17-5-3-4-6-18(17)22-30-32-33-31-22/h3-12H,13H2,1-2H3,(H,30,31,32,33). The molecule has 0 aliphatic heterocycles. The molecule has 0 atom stereocenters. The van der Waals surface area contributed by atoms with Crippen LogP contribution in [0.25, 0.3) is 39.2 Å². The third-order valence-corrected chi connectivity index (χ3v) is 5.70. The molecule has 5 rings (SSSR count). The van der Waals surface area contributed by atoms with E-state index in [-0.39, 0.29) is 17.1 Å². The molecule has 2 heterocycles. The number of fused-ring (bicyclic) bond motifs is 1. The summed E-state index contributed by atoms with van der Waals surface area (Å²) in [4.78, 5) is 16.8. The number of nitrogens with zero attached hydrogens (tertiary/aromatic N) is 5. The highest BCUT2D eigenvalue weighted by Crippen LogP contribution is 2.34. The van der Waals surface area contributed by atoms with Gasteiger partial charge in [-0.15, -0.1) is 10.2 Å². The van der Waals surface area contributed by atoms with Gasteiger partial charge in [0.1, 0.15) is 0 Å². The number of imidazole rings is 1. The molecule has 0 bridgehead atoms. The van der Waals surface area contributed by atoms with Crippen LogP contribution in [0.4, 0.5) is 13.2 Å². The first-order valence-corrected chi connectivity index (χ1v) is 11.0. The van der Waals surface area contributed by atoms with Crippen molar-refractivity contribution in [2.45, 2.75) is 13.1 Å². The van der Waals surface area contributed by atoms with E-state index < -0.39 is 18.8 Å².